The van der Waals surface area contributed by atoms with Crippen molar-refractivity contribution in [2.75, 3.05) is 39.3 Å². The number of nitrogens with one attached hydrogen (secondary N) is 1. The Hall–Kier alpha value is -2.32. The van der Waals surface area contributed by atoms with Crippen molar-refractivity contribution >= 4 is 35.3 Å². The number of allylic oxidation sites excluding steroid dienone is 1. The molecule has 1 unspecified atom stereocenters. The van der Waals surface area contributed by atoms with Gasteiger partial charge in [-0.05, 0) is 17.5 Å². The molecule has 7 nitrogen and oxygen atoms in total. The summed E-state index contributed by atoms with van der Waals surface area (Å²) in [5, 5.41) is 4.69. The van der Waals surface area contributed by atoms with Gasteiger partial charge >= 0.3 is 0 Å². The Bertz CT molecular complexity index is 691. The standard InChI is InChI=1S/C17H20N4O3S/c22-15-13(3-1-5-18-15)16(23)19-6-7-20-8-10-21(11-9-20)17(24)14-4-2-12-25-14/h1-5,12-13H,6-11H2,(H,19,23). The molecule has 2 aliphatic heterocycles. The number of rotatable bonds is 5. The van der Waals surface area contributed by atoms with E-state index in [1.54, 1.807) is 12.2 Å². The largest absolute Gasteiger partial charge is 0.354 e. The number of amides is 3. The lowest BCUT2D eigenvalue weighted by Crippen LogP contribution is -2.50. The molecular formula is C17H20N4O3S. The average molecular weight is 360 g/mol. The van der Waals surface area contributed by atoms with Gasteiger partial charge in [0, 0.05) is 45.5 Å². The number of hydrogen-bond acceptors (Lipinski definition) is 5. The van der Waals surface area contributed by atoms with Crippen LogP contribution in [-0.2, 0) is 9.59 Å². The number of carbonyl (C=O) groups excluding carboxylic acids is 3. The van der Waals surface area contributed by atoms with Crippen LogP contribution in [0.4, 0.5) is 0 Å². The van der Waals surface area contributed by atoms with Crippen LogP contribution in [0.1, 0.15) is 9.67 Å². The van der Waals surface area contributed by atoms with Crippen LogP contribution in [0.3, 0.4) is 0 Å². The van der Waals surface area contributed by atoms with Crippen molar-refractivity contribution in [3.05, 3.63) is 34.5 Å². The normalized spacial score (nSPS) is 20.7. The van der Waals surface area contributed by atoms with Gasteiger partial charge in [0.1, 0.15) is 5.92 Å². The van der Waals surface area contributed by atoms with E-state index in [1.807, 2.05) is 22.4 Å². The zero-order valence-corrected chi connectivity index (χ0v) is 14.6. The molecule has 3 heterocycles. The van der Waals surface area contributed by atoms with Gasteiger partial charge in [0.25, 0.3) is 11.8 Å². The third kappa shape index (κ3) is 4.40. The minimum atomic E-state index is -0.815. The molecule has 3 amide bonds. The summed E-state index contributed by atoms with van der Waals surface area (Å²) < 4.78 is 0. The van der Waals surface area contributed by atoms with Crippen LogP contribution in [-0.4, -0.2) is 73.0 Å². The van der Waals surface area contributed by atoms with Gasteiger partial charge < -0.3 is 10.2 Å². The van der Waals surface area contributed by atoms with Gasteiger partial charge in [-0.25, -0.2) is 4.99 Å². The van der Waals surface area contributed by atoms with E-state index >= 15 is 0 Å². The van der Waals surface area contributed by atoms with Crippen molar-refractivity contribution in [2.24, 2.45) is 10.9 Å². The summed E-state index contributed by atoms with van der Waals surface area (Å²) in [6.07, 6.45) is 4.55. The summed E-state index contributed by atoms with van der Waals surface area (Å²) in [5.41, 5.74) is 0. The smallest absolute Gasteiger partial charge is 0.264 e. The number of hydrogen-bond donors (Lipinski definition) is 1. The van der Waals surface area contributed by atoms with Crippen molar-refractivity contribution in [1.82, 2.24) is 15.1 Å². The maximum absolute atomic E-state index is 12.3. The Morgan fingerprint density at radius 2 is 2.08 bits per heavy atom. The van der Waals surface area contributed by atoms with Crippen LogP contribution in [0.15, 0.2) is 34.7 Å². The molecule has 3 rings (SSSR count). The number of thiophene rings is 1. The van der Waals surface area contributed by atoms with E-state index in [0.717, 1.165) is 18.0 Å². The lowest BCUT2D eigenvalue weighted by Gasteiger charge is -2.34. The maximum Gasteiger partial charge on any atom is 0.264 e. The van der Waals surface area contributed by atoms with Crippen LogP contribution in [0.25, 0.3) is 0 Å². The Morgan fingerprint density at radius 1 is 1.28 bits per heavy atom. The summed E-state index contributed by atoms with van der Waals surface area (Å²) in [6, 6.07) is 3.73. The first-order valence-electron chi connectivity index (χ1n) is 8.22. The van der Waals surface area contributed by atoms with Crippen molar-refractivity contribution in [3.63, 3.8) is 0 Å². The molecule has 0 bridgehead atoms. The van der Waals surface area contributed by atoms with Crippen LogP contribution in [0, 0.1) is 5.92 Å². The highest BCUT2D eigenvalue weighted by atomic mass is 32.1. The summed E-state index contributed by atoms with van der Waals surface area (Å²) in [6.45, 7) is 4.09. The van der Waals surface area contributed by atoms with E-state index in [1.165, 1.54) is 17.6 Å². The lowest BCUT2D eigenvalue weighted by atomic mass is 10.1. The Balaban J connectivity index is 1.37. The number of carbonyl (C=O) groups is 3. The van der Waals surface area contributed by atoms with E-state index in [-0.39, 0.29) is 11.8 Å². The molecule has 0 aromatic carbocycles. The van der Waals surface area contributed by atoms with Gasteiger partial charge in [-0.15, -0.1) is 11.3 Å². The first-order valence-corrected chi connectivity index (χ1v) is 9.10. The molecule has 0 spiro atoms. The van der Waals surface area contributed by atoms with Crippen LogP contribution >= 0.6 is 11.3 Å². The van der Waals surface area contributed by atoms with Gasteiger partial charge in [0.05, 0.1) is 4.88 Å². The fourth-order valence-corrected chi connectivity index (χ4v) is 3.51. The molecule has 1 fully saturated rings. The van der Waals surface area contributed by atoms with Gasteiger partial charge in [-0.3, -0.25) is 19.3 Å². The summed E-state index contributed by atoms with van der Waals surface area (Å²) in [7, 11) is 0. The maximum atomic E-state index is 12.3. The molecule has 2 aliphatic rings. The number of aliphatic imine (C=N–C) groups is 1. The highest BCUT2D eigenvalue weighted by molar-refractivity contribution is 7.12. The molecule has 1 N–H and O–H groups in total. The van der Waals surface area contributed by atoms with E-state index in [4.69, 9.17) is 0 Å². The monoisotopic (exact) mass is 360 g/mol. The van der Waals surface area contributed by atoms with Crippen molar-refractivity contribution in [3.8, 4) is 0 Å². The minimum absolute atomic E-state index is 0.0890. The van der Waals surface area contributed by atoms with Gasteiger partial charge in [-0.2, -0.15) is 0 Å². The quantitative estimate of drug-likeness (QED) is 0.771. The molecule has 8 heteroatoms. The van der Waals surface area contributed by atoms with Gasteiger partial charge in [0.2, 0.25) is 5.91 Å². The van der Waals surface area contributed by atoms with Crippen LogP contribution < -0.4 is 5.32 Å². The number of nitrogens with zero attached hydrogens (tertiary/aromatic N) is 3. The molecule has 1 atom stereocenters. The van der Waals surface area contributed by atoms with E-state index in [0.29, 0.717) is 26.2 Å². The topological polar surface area (TPSA) is 82.1 Å². The predicted molar refractivity (Wildman–Crippen MR) is 95.8 cm³/mol. The summed E-state index contributed by atoms with van der Waals surface area (Å²) in [4.78, 5) is 44.3. The molecule has 0 aliphatic carbocycles. The molecule has 1 aromatic heterocycles. The van der Waals surface area contributed by atoms with Crippen molar-refractivity contribution in [1.29, 1.82) is 0 Å². The molecular weight excluding hydrogens is 340 g/mol. The van der Waals surface area contributed by atoms with Gasteiger partial charge in [-0.1, -0.05) is 12.1 Å². The first kappa shape index (κ1) is 17.5. The van der Waals surface area contributed by atoms with Crippen LogP contribution in [0.5, 0.6) is 0 Å². The first-order chi connectivity index (χ1) is 12.1. The van der Waals surface area contributed by atoms with Crippen LogP contribution in [0.2, 0.25) is 0 Å². The van der Waals surface area contributed by atoms with Crippen molar-refractivity contribution in [2.45, 2.75) is 0 Å². The fraction of sp³-hybridized carbons (Fsp3) is 0.412. The third-order valence-electron chi connectivity index (χ3n) is 4.26. The zero-order chi connectivity index (χ0) is 17.6. The number of dihydropyridines is 1. The average Bonchev–Trinajstić information content (AvgIpc) is 3.16. The SMILES string of the molecule is O=C1N=CC=CC1C(=O)NCCN1CCN(C(=O)c2cccs2)CC1. The van der Waals surface area contributed by atoms with E-state index in [9.17, 15) is 14.4 Å². The van der Waals surface area contributed by atoms with Gasteiger partial charge in [0.15, 0.2) is 0 Å². The summed E-state index contributed by atoms with van der Waals surface area (Å²) >= 11 is 1.46. The zero-order valence-electron chi connectivity index (χ0n) is 13.8. The van der Waals surface area contributed by atoms with E-state index in [2.05, 4.69) is 15.2 Å². The second-order valence-corrected chi connectivity index (χ2v) is 6.83. The van der Waals surface area contributed by atoms with Crippen molar-refractivity contribution < 1.29 is 14.4 Å². The molecule has 1 aromatic rings. The lowest BCUT2D eigenvalue weighted by molar-refractivity contribution is -0.131. The molecule has 0 radical (unpaired) electrons. The molecule has 0 saturated carbocycles. The second-order valence-electron chi connectivity index (χ2n) is 5.88. The summed E-state index contributed by atoms with van der Waals surface area (Å²) in [5.74, 6) is -1.47. The Labute approximate surface area is 150 Å². The molecule has 25 heavy (non-hydrogen) atoms. The number of piperazine rings is 1. The third-order valence-corrected chi connectivity index (χ3v) is 5.12. The predicted octanol–water partition coefficient (Wildman–Crippen LogP) is 0.406. The highest BCUT2D eigenvalue weighted by Crippen LogP contribution is 2.13. The van der Waals surface area contributed by atoms with E-state index < -0.39 is 11.8 Å². The Morgan fingerprint density at radius 3 is 2.76 bits per heavy atom. The molecule has 132 valence electrons. The fourth-order valence-electron chi connectivity index (χ4n) is 2.82. The minimum Gasteiger partial charge on any atom is -0.354 e. The Kier molecular flexibility index (Phi) is 5.72. The second kappa shape index (κ2) is 8.17. The molecule has 1 saturated heterocycles. The highest BCUT2D eigenvalue weighted by Gasteiger charge is 2.25.